The topological polar surface area (TPSA) is 79.2 Å². The van der Waals surface area contributed by atoms with E-state index in [0.29, 0.717) is 47.6 Å². The number of likely N-dealkylation sites (tertiary alicyclic amines) is 1. The van der Waals surface area contributed by atoms with Crippen molar-refractivity contribution in [1.29, 1.82) is 0 Å². The number of benzene rings is 3. The molecule has 8 heteroatoms. The van der Waals surface area contributed by atoms with Gasteiger partial charge in [-0.15, -0.1) is 0 Å². The van der Waals surface area contributed by atoms with Crippen LogP contribution in [-0.2, 0) is 5.60 Å². The zero-order valence-corrected chi connectivity index (χ0v) is 21.4. The molecule has 2 N–H and O–H groups in total. The minimum Gasteiger partial charge on any atom is -0.493 e. The summed E-state index contributed by atoms with van der Waals surface area (Å²) in [4.78, 5) is 14.0. The highest BCUT2D eigenvalue weighted by Gasteiger charge is 2.42. The molecule has 0 radical (unpaired) electrons. The normalized spacial score (nSPS) is 14.9. The third-order valence-corrected chi connectivity index (χ3v) is 7.21. The molecule has 0 bridgehead atoms. The van der Waals surface area contributed by atoms with Crippen molar-refractivity contribution in [2.24, 2.45) is 5.92 Å². The second-order valence-electron chi connectivity index (χ2n) is 9.55. The first-order chi connectivity index (χ1) is 18.3. The van der Waals surface area contributed by atoms with Gasteiger partial charge in [-0.2, -0.15) is 0 Å². The number of ketones is 1. The monoisotopic (exact) mass is 525 g/mol. The van der Waals surface area contributed by atoms with Crippen LogP contribution in [0.2, 0.25) is 0 Å². The summed E-state index contributed by atoms with van der Waals surface area (Å²) >= 11 is 0. The molecule has 0 amide bonds. The fraction of sp³-hybridized carbons (Fsp3) is 0.367. The van der Waals surface area contributed by atoms with Gasteiger partial charge in [0.1, 0.15) is 23.8 Å². The van der Waals surface area contributed by atoms with Crippen molar-refractivity contribution < 1.29 is 33.3 Å². The summed E-state index contributed by atoms with van der Waals surface area (Å²) in [7, 11) is 1.49. The second kappa shape index (κ2) is 12.5. The maximum atomic E-state index is 14.1. The quantitative estimate of drug-likeness (QED) is 0.282. The predicted molar refractivity (Wildman–Crippen MR) is 139 cm³/mol. The summed E-state index contributed by atoms with van der Waals surface area (Å²) in [6.07, 6.45) is 2.08. The first-order valence-electron chi connectivity index (χ1n) is 12.8. The molecule has 0 atom stereocenters. The lowest BCUT2D eigenvalue weighted by Gasteiger charge is -2.42. The number of Topliss-reactive ketones (excluding diaryl/α,β-unsaturated/α-hetero) is 1. The Balaban J connectivity index is 1.35. The van der Waals surface area contributed by atoms with Gasteiger partial charge in [-0.05, 0) is 91.9 Å². The van der Waals surface area contributed by atoms with Crippen molar-refractivity contribution >= 4 is 5.78 Å². The molecule has 0 spiro atoms. The Kier molecular flexibility index (Phi) is 9.09. The third-order valence-electron chi connectivity index (χ3n) is 7.21. The van der Waals surface area contributed by atoms with Crippen LogP contribution in [0.3, 0.4) is 0 Å². The lowest BCUT2D eigenvalue weighted by atomic mass is 9.72. The molecule has 3 aromatic rings. The fourth-order valence-electron chi connectivity index (χ4n) is 5.19. The molecule has 1 saturated heterocycles. The Bertz CT molecular complexity index is 1200. The van der Waals surface area contributed by atoms with Gasteiger partial charge in [0, 0.05) is 12.1 Å². The number of rotatable bonds is 11. The van der Waals surface area contributed by atoms with E-state index >= 15 is 0 Å². The molecule has 0 aliphatic carbocycles. The Hall–Kier alpha value is -3.33. The van der Waals surface area contributed by atoms with Crippen LogP contribution >= 0.6 is 0 Å². The van der Waals surface area contributed by atoms with E-state index in [0.717, 1.165) is 26.1 Å². The van der Waals surface area contributed by atoms with Gasteiger partial charge in [-0.25, -0.2) is 8.78 Å². The minimum atomic E-state index is -1.50. The predicted octanol–water partition coefficient (Wildman–Crippen LogP) is 4.57. The summed E-state index contributed by atoms with van der Waals surface area (Å²) in [6, 6.07) is 16.6. The van der Waals surface area contributed by atoms with Gasteiger partial charge >= 0.3 is 0 Å². The van der Waals surface area contributed by atoms with Gasteiger partial charge in [-0.1, -0.05) is 24.3 Å². The van der Waals surface area contributed by atoms with Gasteiger partial charge in [-0.3, -0.25) is 4.79 Å². The molecule has 1 aliphatic rings. The molecular weight excluding hydrogens is 492 g/mol. The van der Waals surface area contributed by atoms with Crippen LogP contribution in [0.1, 0.15) is 40.7 Å². The SMILES string of the molecule is COc1cc(C(=O)CO)ccc1OCCCN1CCC(C(O)(c2cccc(F)c2)c2cccc(F)c2)CC1. The van der Waals surface area contributed by atoms with Crippen molar-refractivity contribution in [1.82, 2.24) is 4.90 Å². The summed E-state index contributed by atoms with van der Waals surface area (Å²) in [5, 5.41) is 21.0. The number of carbonyl (C=O) groups is 1. The Morgan fingerprint density at radius 3 is 2.16 bits per heavy atom. The average molecular weight is 526 g/mol. The molecule has 38 heavy (non-hydrogen) atoms. The van der Waals surface area contributed by atoms with Crippen molar-refractivity contribution in [2.75, 3.05) is 40.0 Å². The van der Waals surface area contributed by atoms with E-state index in [1.165, 1.54) is 31.4 Å². The molecule has 6 nitrogen and oxygen atoms in total. The maximum absolute atomic E-state index is 14.1. The van der Waals surface area contributed by atoms with E-state index < -0.39 is 23.8 Å². The van der Waals surface area contributed by atoms with Crippen molar-refractivity contribution in [3.05, 3.63) is 95.1 Å². The molecule has 4 rings (SSSR count). The van der Waals surface area contributed by atoms with E-state index in [1.807, 2.05) is 0 Å². The van der Waals surface area contributed by atoms with Crippen LogP contribution < -0.4 is 9.47 Å². The van der Waals surface area contributed by atoms with Crippen LogP contribution in [0, 0.1) is 17.6 Å². The summed E-state index contributed by atoms with van der Waals surface area (Å²) < 4.78 is 39.4. The summed E-state index contributed by atoms with van der Waals surface area (Å²) in [5.74, 6) is -0.528. The van der Waals surface area contributed by atoms with Crippen molar-refractivity contribution in [2.45, 2.75) is 24.9 Å². The minimum absolute atomic E-state index is 0.206. The zero-order chi connectivity index (χ0) is 27.1. The number of halogens is 2. The Morgan fingerprint density at radius 1 is 0.974 bits per heavy atom. The van der Waals surface area contributed by atoms with Crippen LogP contribution in [0.25, 0.3) is 0 Å². The number of methoxy groups -OCH3 is 1. The number of aliphatic hydroxyl groups excluding tert-OH is 1. The lowest BCUT2D eigenvalue weighted by Crippen LogP contribution is -2.44. The largest absolute Gasteiger partial charge is 0.493 e. The highest BCUT2D eigenvalue weighted by Crippen LogP contribution is 2.42. The molecule has 1 heterocycles. The van der Waals surface area contributed by atoms with E-state index in [-0.39, 0.29) is 11.7 Å². The van der Waals surface area contributed by atoms with E-state index in [2.05, 4.69) is 4.90 Å². The summed E-state index contributed by atoms with van der Waals surface area (Å²) in [6.45, 7) is 2.13. The van der Waals surface area contributed by atoms with Gasteiger partial charge < -0.3 is 24.6 Å². The average Bonchev–Trinajstić information content (AvgIpc) is 2.94. The first kappa shape index (κ1) is 27.7. The van der Waals surface area contributed by atoms with Crippen LogP contribution in [0.15, 0.2) is 66.7 Å². The van der Waals surface area contributed by atoms with E-state index in [1.54, 1.807) is 42.5 Å². The molecule has 1 fully saturated rings. The van der Waals surface area contributed by atoms with Crippen LogP contribution in [0.4, 0.5) is 8.78 Å². The Labute approximate surface area is 221 Å². The number of carbonyl (C=O) groups excluding carboxylic acids is 1. The van der Waals surface area contributed by atoms with Gasteiger partial charge in [0.15, 0.2) is 17.3 Å². The molecule has 3 aromatic carbocycles. The number of aliphatic hydroxyl groups is 2. The molecule has 0 aromatic heterocycles. The van der Waals surface area contributed by atoms with Crippen LogP contribution in [-0.4, -0.2) is 60.9 Å². The number of nitrogens with zero attached hydrogens (tertiary/aromatic N) is 1. The molecule has 202 valence electrons. The number of hydrogen-bond acceptors (Lipinski definition) is 6. The third kappa shape index (κ3) is 6.20. The second-order valence-corrected chi connectivity index (χ2v) is 9.55. The first-order valence-corrected chi connectivity index (χ1v) is 12.8. The van der Waals surface area contributed by atoms with Gasteiger partial charge in [0.2, 0.25) is 0 Å². The fourth-order valence-corrected chi connectivity index (χ4v) is 5.19. The van der Waals surface area contributed by atoms with Crippen molar-refractivity contribution in [3.8, 4) is 11.5 Å². The molecule has 0 saturated carbocycles. The number of hydrogen-bond donors (Lipinski definition) is 2. The number of piperidine rings is 1. The van der Waals surface area contributed by atoms with E-state index in [4.69, 9.17) is 14.6 Å². The molecule has 0 unspecified atom stereocenters. The van der Waals surface area contributed by atoms with Crippen molar-refractivity contribution in [3.63, 3.8) is 0 Å². The zero-order valence-electron chi connectivity index (χ0n) is 21.4. The summed E-state index contributed by atoms with van der Waals surface area (Å²) in [5.41, 5.74) is -0.290. The molecule has 1 aliphatic heterocycles. The van der Waals surface area contributed by atoms with Gasteiger partial charge in [0.05, 0.1) is 13.7 Å². The standard InChI is InChI=1S/C30H33F2NO5/c1-37-29-17-21(27(35)20-34)9-10-28(29)38-16-4-13-33-14-11-22(12-15-33)30(36,23-5-2-7-25(31)18-23)24-6-3-8-26(32)19-24/h2-3,5-10,17-19,22,34,36H,4,11-16,20H2,1H3. The highest BCUT2D eigenvalue weighted by molar-refractivity contribution is 5.97. The van der Waals surface area contributed by atoms with Crippen LogP contribution in [0.5, 0.6) is 11.5 Å². The van der Waals surface area contributed by atoms with E-state index in [9.17, 15) is 18.7 Å². The smallest absolute Gasteiger partial charge is 0.188 e. The molecular formula is C30H33F2NO5. The Morgan fingerprint density at radius 2 is 1.61 bits per heavy atom. The number of ether oxygens (including phenoxy) is 2. The maximum Gasteiger partial charge on any atom is 0.188 e. The lowest BCUT2D eigenvalue weighted by molar-refractivity contribution is -0.0150. The van der Waals surface area contributed by atoms with Gasteiger partial charge in [0.25, 0.3) is 0 Å². The highest BCUT2D eigenvalue weighted by atomic mass is 19.1.